The molecular weight excluding hydrogens is 269 g/mol. The Balaban J connectivity index is 1.52. The molecular formula is C17H26FNO2. The second-order valence-electron chi connectivity index (χ2n) is 5.83. The van der Waals surface area contributed by atoms with Crippen molar-refractivity contribution in [1.82, 2.24) is 5.32 Å². The van der Waals surface area contributed by atoms with Gasteiger partial charge in [0, 0.05) is 6.54 Å². The normalized spacial score (nSPS) is 17.8. The molecule has 1 aliphatic rings. The van der Waals surface area contributed by atoms with Crippen molar-refractivity contribution < 1.29 is 14.2 Å². The molecule has 1 unspecified atom stereocenters. The zero-order valence-electron chi connectivity index (χ0n) is 12.6. The molecule has 118 valence electrons. The predicted molar refractivity (Wildman–Crippen MR) is 81.8 cm³/mol. The number of rotatable bonds is 8. The van der Waals surface area contributed by atoms with E-state index < -0.39 is 6.10 Å². The molecule has 3 nitrogen and oxygen atoms in total. The smallest absolute Gasteiger partial charge is 0.123 e. The van der Waals surface area contributed by atoms with E-state index in [9.17, 15) is 9.50 Å². The quantitative estimate of drug-likeness (QED) is 0.725. The molecule has 1 saturated carbocycles. The molecule has 21 heavy (non-hydrogen) atoms. The van der Waals surface area contributed by atoms with Gasteiger partial charge in [0.25, 0.3) is 0 Å². The average molecular weight is 295 g/mol. The van der Waals surface area contributed by atoms with Gasteiger partial charge in [-0.25, -0.2) is 4.39 Å². The van der Waals surface area contributed by atoms with Crippen LogP contribution in [0.1, 0.15) is 37.7 Å². The first-order valence-electron chi connectivity index (χ1n) is 7.99. The van der Waals surface area contributed by atoms with Crippen molar-refractivity contribution in [3.05, 3.63) is 35.6 Å². The van der Waals surface area contributed by atoms with Crippen molar-refractivity contribution in [1.29, 1.82) is 0 Å². The number of hydrogen-bond acceptors (Lipinski definition) is 3. The fraction of sp³-hybridized carbons (Fsp3) is 0.647. The van der Waals surface area contributed by atoms with Crippen molar-refractivity contribution in [2.24, 2.45) is 0 Å². The maximum atomic E-state index is 12.8. The van der Waals surface area contributed by atoms with Crippen LogP contribution in [0.3, 0.4) is 0 Å². The van der Waals surface area contributed by atoms with Crippen molar-refractivity contribution >= 4 is 0 Å². The van der Waals surface area contributed by atoms with E-state index in [1.54, 1.807) is 12.1 Å². The van der Waals surface area contributed by atoms with Crippen LogP contribution in [-0.2, 0) is 11.2 Å². The van der Waals surface area contributed by atoms with E-state index in [0.29, 0.717) is 19.3 Å². The monoisotopic (exact) mass is 295 g/mol. The Labute approximate surface area is 126 Å². The van der Waals surface area contributed by atoms with Gasteiger partial charge in [-0.1, -0.05) is 31.4 Å². The van der Waals surface area contributed by atoms with Gasteiger partial charge in [-0.15, -0.1) is 0 Å². The van der Waals surface area contributed by atoms with Crippen LogP contribution < -0.4 is 5.32 Å². The number of aliphatic hydroxyl groups is 1. The van der Waals surface area contributed by atoms with Crippen LogP contribution in [0.25, 0.3) is 0 Å². The van der Waals surface area contributed by atoms with E-state index in [2.05, 4.69) is 5.32 Å². The SMILES string of the molecule is OC(CNCCc1ccc(F)cc1)COC1CCCCC1. The second kappa shape index (κ2) is 9.13. The Bertz CT molecular complexity index is 390. The Morgan fingerprint density at radius 1 is 1.19 bits per heavy atom. The van der Waals surface area contributed by atoms with Crippen LogP contribution in [-0.4, -0.2) is 37.0 Å². The minimum atomic E-state index is -0.458. The second-order valence-corrected chi connectivity index (χ2v) is 5.83. The van der Waals surface area contributed by atoms with Crippen molar-refractivity contribution in [2.45, 2.75) is 50.7 Å². The first-order chi connectivity index (χ1) is 10.2. The third kappa shape index (κ3) is 6.55. The van der Waals surface area contributed by atoms with Crippen LogP contribution >= 0.6 is 0 Å². The number of benzene rings is 1. The standard InChI is InChI=1S/C17H26FNO2/c18-15-8-6-14(7-9-15)10-11-19-12-16(20)13-21-17-4-2-1-3-5-17/h6-9,16-17,19-20H,1-5,10-13H2. The minimum Gasteiger partial charge on any atom is -0.389 e. The van der Waals surface area contributed by atoms with E-state index in [4.69, 9.17) is 4.74 Å². The molecule has 1 aromatic rings. The van der Waals surface area contributed by atoms with Crippen LogP contribution in [0.4, 0.5) is 4.39 Å². The highest BCUT2D eigenvalue weighted by molar-refractivity contribution is 5.16. The number of ether oxygens (including phenoxy) is 1. The Kier molecular flexibility index (Phi) is 7.13. The summed E-state index contributed by atoms with van der Waals surface area (Å²) in [5.74, 6) is -0.206. The number of hydrogen-bond donors (Lipinski definition) is 2. The van der Waals surface area contributed by atoms with Crippen molar-refractivity contribution in [3.8, 4) is 0 Å². The summed E-state index contributed by atoms with van der Waals surface area (Å²) in [4.78, 5) is 0. The van der Waals surface area contributed by atoms with E-state index in [1.165, 1.54) is 31.4 Å². The van der Waals surface area contributed by atoms with Crippen molar-refractivity contribution in [3.63, 3.8) is 0 Å². The summed E-state index contributed by atoms with van der Waals surface area (Å²) in [7, 11) is 0. The molecule has 0 amide bonds. The predicted octanol–water partition coefficient (Wildman–Crippen LogP) is 2.67. The summed E-state index contributed by atoms with van der Waals surface area (Å²) < 4.78 is 18.5. The van der Waals surface area contributed by atoms with Gasteiger partial charge in [0.05, 0.1) is 18.8 Å². The molecule has 2 N–H and O–H groups in total. The summed E-state index contributed by atoms with van der Waals surface area (Å²) >= 11 is 0. The first-order valence-corrected chi connectivity index (χ1v) is 7.99. The third-order valence-electron chi connectivity index (χ3n) is 3.96. The fourth-order valence-corrected chi connectivity index (χ4v) is 2.69. The molecule has 1 fully saturated rings. The van der Waals surface area contributed by atoms with Crippen LogP contribution in [0.5, 0.6) is 0 Å². The van der Waals surface area contributed by atoms with E-state index in [1.807, 2.05) is 0 Å². The van der Waals surface area contributed by atoms with Gasteiger partial charge in [-0.3, -0.25) is 0 Å². The third-order valence-corrected chi connectivity index (χ3v) is 3.96. The Morgan fingerprint density at radius 2 is 1.90 bits per heavy atom. The Hall–Kier alpha value is -0.970. The lowest BCUT2D eigenvalue weighted by atomic mass is 9.98. The maximum absolute atomic E-state index is 12.8. The lowest BCUT2D eigenvalue weighted by molar-refractivity contribution is -0.0228. The summed E-state index contributed by atoms with van der Waals surface area (Å²) in [5, 5.41) is 13.1. The molecule has 0 aromatic heterocycles. The molecule has 2 rings (SSSR count). The summed E-state index contributed by atoms with van der Waals surface area (Å²) in [6, 6.07) is 6.53. The molecule has 0 aliphatic heterocycles. The first kappa shape index (κ1) is 16.4. The lowest BCUT2D eigenvalue weighted by Crippen LogP contribution is -2.33. The lowest BCUT2D eigenvalue weighted by Gasteiger charge is -2.23. The van der Waals surface area contributed by atoms with E-state index in [-0.39, 0.29) is 5.82 Å². The van der Waals surface area contributed by atoms with Crippen molar-refractivity contribution in [2.75, 3.05) is 19.7 Å². The van der Waals surface area contributed by atoms with Gasteiger partial charge in [0.1, 0.15) is 5.82 Å². The van der Waals surface area contributed by atoms with Gasteiger partial charge in [-0.2, -0.15) is 0 Å². The molecule has 0 heterocycles. The average Bonchev–Trinajstić information content (AvgIpc) is 2.52. The topological polar surface area (TPSA) is 41.5 Å². The van der Waals surface area contributed by atoms with E-state index >= 15 is 0 Å². The van der Waals surface area contributed by atoms with Gasteiger partial charge >= 0.3 is 0 Å². The van der Waals surface area contributed by atoms with Crippen LogP contribution in [0.15, 0.2) is 24.3 Å². The Morgan fingerprint density at radius 3 is 2.62 bits per heavy atom. The molecule has 0 spiro atoms. The van der Waals surface area contributed by atoms with Crippen LogP contribution in [0, 0.1) is 5.82 Å². The summed E-state index contributed by atoms with van der Waals surface area (Å²) in [5.41, 5.74) is 1.09. The molecule has 0 saturated heterocycles. The molecule has 0 bridgehead atoms. The molecule has 0 radical (unpaired) electrons. The highest BCUT2D eigenvalue weighted by atomic mass is 19.1. The number of aliphatic hydroxyl groups excluding tert-OH is 1. The highest BCUT2D eigenvalue weighted by Crippen LogP contribution is 2.20. The molecule has 1 atom stereocenters. The molecule has 1 aliphatic carbocycles. The summed E-state index contributed by atoms with van der Waals surface area (Å²) in [6.45, 7) is 1.72. The van der Waals surface area contributed by atoms with Gasteiger partial charge in [0.15, 0.2) is 0 Å². The maximum Gasteiger partial charge on any atom is 0.123 e. The minimum absolute atomic E-state index is 0.206. The number of halogens is 1. The van der Waals surface area contributed by atoms with Gasteiger partial charge in [-0.05, 0) is 43.5 Å². The zero-order chi connectivity index (χ0) is 14.9. The largest absolute Gasteiger partial charge is 0.389 e. The summed E-state index contributed by atoms with van der Waals surface area (Å²) in [6.07, 6.45) is 6.78. The zero-order valence-corrected chi connectivity index (χ0v) is 12.6. The van der Waals surface area contributed by atoms with E-state index in [0.717, 1.165) is 31.4 Å². The van der Waals surface area contributed by atoms with Gasteiger partial charge < -0.3 is 15.2 Å². The van der Waals surface area contributed by atoms with Crippen LogP contribution in [0.2, 0.25) is 0 Å². The molecule has 1 aromatic carbocycles. The highest BCUT2D eigenvalue weighted by Gasteiger charge is 2.15. The fourth-order valence-electron chi connectivity index (χ4n) is 2.69. The number of nitrogens with one attached hydrogen (secondary N) is 1. The van der Waals surface area contributed by atoms with Gasteiger partial charge in [0.2, 0.25) is 0 Å². The molecule has 4 heteroatoms.